The van der Waals surface area contributed by atoms with Gasteiger partial charge in [-0.05, 0) is 6.92 Å². The van der Waals surface area contributed by atoms with Gasteiger partial charge in [0.25, 0.3) is 11.8 Å². The van der Waals surface area contributed by atoms with Crippen molar-refractivity contribution in [3.63, 3.8) is 0 Å². The second kappa shape index (κ2) is 7.44. The van der Waals surface area contributed by atoms with E-state index in [9.17, 15) is 39.0 Å². The molecule has 0 aromatic heterocycles. The lowest BCUT2D eigenvalue weighted by Gasteiger charge is -2.30. The predicted molar refractivity (Wildman–Crippen MR) is 82.4 cm³/mol. The molecule has 0 aromatic carbocycles. The molecular formula is C15H17N3O8. The number of hydrogen-bond donors (Lipinski definition) is 3. The van der Waals surface area contributed by atoms with Gasteiger partial charge < -0.3 is 15.5 Å². The summed E-state index contributed by atoms with van der Waals surface area (Å²) in [7, 11) is 0. The maximum Gasteiger partial charge on any atom is 0.328 e. The third-order valence-corrected chi connectivity index (χ3v) is 4.17. The molecule has 3 atom stereocenters. The number of hydrogen-bond acceptors (Lipinski definition) is 7. The van der Waals surface area contributed by atoms with Gasteiger partial charge in [0.2, 0.25) is 11.8 Å². The van der Waals surface area contributed by atoms with Gasteiger partial charge in [-0.3, -0.25) is 29.0 Å². The Hall–Kier alpha value is -3.08. The van der Waals surface area contributed by atoms with Gasteiger partial charge in [-0.25, -0.2) is 9.59 Å². The average Bonchev–Trinajstić information content (AvgIpc) is 3.04. The van der Waals surface area contributed by atoms with Crippen molar-refractivity contribution in [2.24, 2.45) is 0 Å². The van der Waals surface area contributed by atoms with Crippen LogP contribution in [0.4, 0.5) is 0 Å². The van der Waals surface area contributed by atoms with Gasteiger partial charge in [0.1, 0.15) is 6.04 Å². The molecule has 0 bridgehead atoms. The Morgan fingerprint density at radius 2 is 1.50 bits per heavy atom. The van der Waals surface area contributed by atoms with Crippen molar-refractivity contribution < 1.29 is 39.0 Å². The van der Waals surface area contributed by atoms with Gasteiger partial charge in [-0.15, -0.1) is 0 Å². The van der Waals surface area contributed by atoms with Crippen LogP contribution in [0.25, 0.3) is 0 Å². The topological polar surface area (TPSA) is 161 Å². The fraction of sp³-hybridized carbons (Fsp3) is 0.467. The molecule has 1 fully saturated rings. The summed E-state index contributed by atoms with van der Waals surface area (Å²) in [6.07, 6.45) is 1.70. The van der Waals surface area contributed by atoms with E-state index in [1.165, 1.54) is 6.92 Å². The molecule has 2 heterocycles. The number of carboxylic acid groups (broad SMARTS) is 2. The second-order valence-corrected chi connectivity index (χ2v) is 5.87. The van der Waals surface area contributed by atoms with Gasteiger partial charge in [-0.1, -0.05) is 0 Å². The molecule has 2 rings (SSSR count). The zero-order valence-corrected chi connectivity index (χ0v) is 13.7. The van der Waals surface area contributed by atoms with Crippen molar-refractivity contribution in [2.45, 2.75) is 37.9 Å². The number of carbonyl (C=O) groups is 6. The highest BCUT2D eigenvalue weighted by molar-refractivity contribution is 6.14. The van der Waals surface area contributed by atoms with Crippen LogP contribution in [-0.2, 0) is 28.8 Å². The first kappa shape index (κ1) is 19.2. The number of amides is 4. The molecule has 11 heteroatoms. The minimum absolute atomic E-state index is 0.0850. The Labute approximate surface area is 147 Å². The minimum Gasteiger partial charge on any atom is -0.480 e. The van der Waals surface area contributed by atoms with E-state index < -0.39 is 60.2 Å². The number of aliphatic carboxylic acids is 2. The molecule has 0 saturated carbocycles. The number of likely N-dealkylation sites (tertiary alicyclic amines) is 1. The highest BCUT2D eigenvalue weighted by Crippen LogP contribution is 2.17. The molecule has 0 aromatic rings. The summed E-state index contributed by atoms with van der Waals surface area (Å²) in [5.41, 5.74) is 0. The van der Waals surface area contributed by atoms with Gasteiger partial charge >= 0.3 is 11.9 Å². The van der Waals surface area contributed by atoms with E-state index in [2.05, 4.69) is 5.32 Å². The summed E-state index contributed by atoms with van der Waals surface area (Å²) in [5.74, 6) is -5.74. The lowest BCUT2D eigenvalue weighted by atomic mass is 10.1. The molecule has 3 N–H and O–H groups in total. The Morgan fingerprint density at radius 1 is 1.00 bits per heavy atom. The van der Waals surface area contributed by atoms with Crippen LogP contribution < -0.4 is 5.32 Å². The fourth-order valence-electron chi connectivity index (χ4n) is 2.87. The zero-order valence-electron chi connectivity index (χ0n) is 13.7. The van der Waals surface area contributed by atoms with Crippen molar-refractivity contribution in [3.05, 3.63) is 12.2 Å². The van der Waals surface area contributed by atoms with Crippen LogP contribution in [-0.4, -0.2) is 80.3 Å². The average molecular weight is 367 g/mol. The van der Waals surface area contributed by atoms with Crippen LogP contribution in [0, 0.1) is 0 Å². The van der Waals surface area contributed by atoms with E-state index in [0.717, 1.165) is 12.2 Å². The van der Waals surface area contributed by atoms with E-state index >= 15 is 0 Å². The normalized spacial score (nSPS) is 20.7. The standard InChI is InChI=1S/C15H17N3O8/c1-7(13(15(25)26)18-11(21)4-5-12(18)22)16-6-8(14(23)24)17-9(19)2-3-10(17)20/h4-5,7-8,13,16H,2-3,6H2,1H3,(H,23,24)(H,25,26). The number of nitrogens with zero attached hydrogens (tertiary/aromatic N) is 2. The van der Waals surface area contributed by atoms with Gasteiger partial charge in [0.15, 0.2) is 6.04 Å². The first-order valence-electron chi connectivity index (χ1n) is 7.74. The van der Waals surface area contributed by atoms with Crippen molar-refractivity contribution in [3.8, 4) is 0 Å². The number of rotatable bonds is 8. The summed E-state index contributed by atoms with van der Waals surface area (Å²) in [5, 5.41) is 21.3. The van der Waals surface area contributed by atoms with Crippen LogP contribution >= 0.6 is 0 Å². The Bertz CT molecular complexity index is 682. The van der Waals surface area contributed by atoms with Crippen LogP contribution in [0.3, 0.4) is 0 Å². The third-order valence-electron chi connectivity index (χ3n) is 4.17. The lowest BCUT2D eigenvalue weighted by molar-refractivity contribution is -0.155. The monoisotopic (exact) mass is 367 g/mol. The van der Waals surface area contributed by atoms with Gasteiger partial charge in [-0.2, -0.15) is 0 Å². The molecule has 140 valence electrons. The predicted octanol–water partition coefficient (Wildman–Crippen LogP) is -2.06. The van der Waals surface area contributed by atoms with E-state index in [1.807, 2.05) is 0 Å². The maximum atomic E-state index is 11.7. The van der Waals surface area contributed by atoms with E-state index in [4.69, 9.17) is 0 Å². The van der Waals surface area contributed by atoms with E-state index in [0.29, 0.717) is 9.80 Å². The van der Waals surface area contributed by atoms with Crippen LogP contribution in [0.2, 0.25) is 0 Å². The quantitative estimate of drug-likeness (QED) is 0.410. The highest BCUT2D eigenvalue weighted by Gasteiger charge is 2.42. The Kier molecular flexibility index (Phi) is 5.50. The minimum atomic E-state index is -1.58. The smallest absolute Gasteiger partial charge is 0.328 e. The zero-order chi connectivity index (χ0) is 19.6. The molecule has 11 nitrogen and oxygen atoms in total. The Balaban J connectivity index is 2.12. The second-order valence-electron chi connectivity index (χ2n) is 5.87. The molecule has 2 aliphatic heterocycles. The highest BCUT2D eigenvalue weighted by atomic mass is 16.4. The maximum absolute atomic E-state index is 11.7. The molecule has 0 radical (unpaired) electrons. The van der Waals surface area contributed by atoms with Crippen molar-refractivity contribution in [1.29, 1.82) is 0 Å². The molecule has 26 heavy (non-hydrogen) atoms. The van der Waals surface area contributed by atoms with Crippen LogP contribution in [0.15, 0.2) is 12.2 Å². The lowest BCUT2D eigenvalue weighted by Crippen LogP contribution is -2.58. The first-order valence-corrected chi connectivity index (χ1v) is 7.74. The molecule has 4 amide bonds. The van der Waals surface area contributed by atoms with Gasteiger partial charge in [0, 0.05) is 37.6 Å². The number of carbonyl (C=O) groups excluding carboxylic acids is 4. The Morgan fingerprint density at radius 3 is 1.92 bits per heavy atom. The summed E-state index contributed by atoms with van der Waals surface area (Å²) < 4.78 is 0. The first-order chi connectivity index (χ1) is 12.1. The molecule has 2 aliphatic rings. The molecule has 0 spiro atoms. The van der Waals surface area contributed by atoms with Crippen LogP contribution in [0.1, 0.15) is 19.8 Å². The summed E-state index contributed by atoms with van der Waals surface area (Å²) >= 11 is 0. The SMILES string of the molecule is CC(NCC(C(=O)O)N1C(=O)CCC1=O)C(C(=O)O)N1C(=O)C=CC1=O. The summed E-state index contributed by atoms with van der Waals surface area (Å²) in [6, 6.07) is -4.13. The number of nitrogens with one attached hydrogen (secondary N) is 1. The van der Waals surface area contributed by atoms with Crippen molar-refractivity contribution in [2.75, 3.05) is 6.54 Å². The molecular weight excluding hydrogens is 350 g/mol. The molecule has 0 aliphatic carbocycles. The number of carboxylic acids is 2. The van der Waals surface area contributed by atoms with E-state index in [1.54, 1.807) is 0 Å². The molecule has 3 unspecified atom stereocenters. The van der Waals surface area contributed by atoms with Gasteiger partial charge in [0.05, 0.1) is 0 Å². The van der Waals surface area contributed by atoms with Crippen LogP contribution in [0.5, 0.6) is 0 Å². The summed E-state index contributed by atoms with van der Waals surface area (Å²) in [6.45, 7) is 0.922. The number of imide groups is 2. The third kappa shape index (κ3) is 3.61. The summed E-state index contributed by atoms with van der Waals surface area (Å²) in [4.78, 5) is 71.0. The fourth-order valence-corrected chi connectivity index (χ4v) is 2.87. The molecule has 1 saturated heterocycles. The largest absolute Gasteiger partial charge is 0.480 e. The van der Waals surface area contributed by atoms with Crippen molar-refractivity contribution >= 4 is 35.6 Å². The van der Waals surface area contributed by atoms with Crippen molar-refractivity contribution in [1.82, 2.24) is 15.1 Å². The van der Waals surface area contributed by atoms with E-state index in [-0.39, 0.29) is 12.8 Å².